The Morgan fingerprint density at radius 1 is 1.08 bits per heavy atom. The average Bonchev–Trinajstić information content (AvgIpc) is 3.09. The second-order valence-electron chi connectivity index (χ2n) is 6.18. The first kappa shape index (κ1) is 17.7. The molecular formula is C20H23NO3S. The molecule has 1 aliphatic rings. The Hall–Kier alpha value is -2.14. The molecule has 2 aromatic rings. The molecule has 1 amide bonds. The number of benzene rings is 2. The summed E-state index contributed by atoms with van der Waals surface area (Å²) in [5.74, 6) is 2.19. The van der Waals surface area contributed by atoms with E-state index in [9.17, 15) is 4.79 Å². The number of carbonyl (C=O) groups excluding carboxylic acids is 1. The maximum absolute atomic E-state index is 13.1. The number of carbonyl (C=O) groups is 1. The number of hydrogen-bond acceptors (Lipinski definition) is 4. The van der Waals surface area contributed by atoms with Crippen molar-refractivity contribution in [2.24, 2.45) is 0 Å². The van der Waals surface area contributed by atoms with E-state index in [1.54, 1.807) is 32.4 Å². The Kier molecular flexibility index (Phi) is 5.23. The van der Waals surface area contributed by atoms with Crippen molar-refractivity contribution in [1.82, 2.24) is 4.90 Å². The number of aryl methyl sites for hydroxylation is 2. The smallest absolute Gasteiger partial charge is 0.255 e. The van der Waals surface area contributed by atoms with Gasteiger partial charge in [0.1, 0.15) is 16.9 Å². The number of amides is 1. The summed E-state index contributed by atoms with van der Waals surface area (Å²) in [4.78, 5) is 15.1. The molecule has 0 saturated carbocycles. The number of methoxy groups -OCH3 is 2. The van der Waals surface area contributed by atoms with Gasteiger partial charge in [-0.05, 0) is 37.1 Å². The van der Waals surface area contributed by atoms with Crippen LogP contribution < -0.4 is 9.47 Å². The average molecular weight is 357 g/mol. The molecular weight excluding hydrogens is 334 g/mol. The van der Waals surface area contributed by atoms with Crippen LogP contribution >= 0.6 is 11.8 Å². The molecule has 0 unspecified atom stereocenters. The van der Waals surface area contributed by atoms with Gasteiger partial charge in [0, 0.05) is 23.9 Å². The summed E-state index contributed by atoms with van der Waals surface area (Å²) in [6.07, 6.45) is 0. The molecule has 0 radical (unpaired) electrons. The third-order valence-corrected chi connectivity index (χ3v) is 5.68. The first-order valence-electron chi connectivity index (χ1n) is 8.26. The van der Waals surface area contributed by atoms with Crippen LogP contribution in [0.1, 0.15) is 32.4 Å². The zero-order valence-electron chi connectivity index (χ0n) is 15.0. The summed E-state index contributed by atoms with van der Waals surface area (Å²) < 4.78 is 10.6. The van der Waals surface area contributed by atoms with E-state index in [2.05, 4.69) is 32.0 Å². The summed E-state index contributed by atoms with van der Waals surface area (Å²) in [5.41, 5.74) is 4.25. The number of thioether (sulfide) groups is 1. The first-order valence-corrected chi connectivity index (χ1v) is 9.31. The molecule has 1 heterocycles. The standard InChI is InChI=1S/C20H23NO3S/c1-13-5-6-18(14(2)9-13)20-21(7-8-25-20)19(22)15-10-16(23-3)12-17(11-15)24-4/h5-6,9-12,20H,7-8H2,1-4H3/t20-/m1/s1. The monoisotopic (exact) mass is 357 g/mol. The largest absolute Gasteiger partial charge is 0.497 e. The number of rotatable bonds is 4. The van der Waals surface area contributed by atoms with Crippen molar-refractivity contribution in [2.75, 3.05) is 26.5 Å². The number of nitrogens with zero attached hydrogens (tertiary/aromatic N) is 1. The third-order valence-electron chi connectivity index (χ3n) is 4.44. The van der Waals surface area contributed by atoms with E-state index < -0.39 is 0 Å². The van der Waals surface area contributed by atoms with Gasteiger partial charge in [0.05, 0.1) is 14.2 Å². The van der Waals surface area contributed by atoms with Gasteiger partial charge in [0.2, 0.25) is 0 Å². The highest BCUT2D eigenvalue weighted by Crippen LogP contribution is 2.40. The van der Waals surface area contributed by atoms with Crippen LogP contribution in [0.2, 0.25) is 0 Å². The lowest BCUT2D eigenvalue weighted by Crippen LogP contribution is -2.30. The normalized spacial score (nSPS) is 16.8. The Bertz CT molecular complexity index is 768. The van der Waals surface area contributed by atoms with Gasteiger partial charge in [-0.2, -0.15) is 0 Å². The van der Waals surface area contributed by atoms with Crippen molar-refractivity contribution in [3.8, 4) is 11.5 Å². The van der Waals surface area contributed by atoms with E-state index in [1.165, 1.54) is 16.7 Å². The fraction of sp³-hybridized carbons (Fsp3) is 0.350. The molecule has 25 heavy (non-hydrogen) atoms. The van der Waals surface area contributed by atoms with E-state index in [4.69, 9.17) is 9.47 Å². The number of ether oxygens (including phenoxy) is 2. The summed E-state index contributed by atoms with van der Waals surface area (Å²) >= 11 is 1.81. The second kappa shape index (κ2) is 7.40. The van der Waals surface area contributed by atoms with Crippen LogP contribution in [-0.4, -0.2) is 37.3 Å². The molecule has 1 aliphatic heterocycles. The van der Waals surface area contributed by atoms with Gasteiger partial charge < -0.3 is 14.4 Å². The Morgan fingerprint density at radius 3 is 2.36 bits per heavy atom. The lowest BCUT2D eigenvalue weighted by atomic mass is 10.0. The van der Waals surface area contributed by atoms with Crippen LogP contribution in [0.5, 0.6) is 11.5 Å². The molecule has 3 rings (SSSR count). The lowest BCUT2D eigenvalue weighted by molar-refractivity contribution is 0.0759. The van der Waals surface area contributed by atoms with E-state index in [1.807, 2.05) is 16.7 Å². The first-order chi connectivity index (χ1) is 12.0. The summed E-state index contributed by atoms with van der Waals surface area (Å²) in [6, 6.07) is 11.7. The van der Waals surface area contributed by atoms with Gasteiger partial charge in [-0.15, -0.1) is 11.8 Å². The highest BCUT2D eigenvalue weighted by molar-refractivity contribution is 7.99. The third kappa shape index (κ3) is 3.61. The van der Waals surface area contributed by atoms with Crippen LogP contribution in [0.15, 0.2) is 36.4 Å². The van der Waals surface area contributed by atoms with E-state index in [-0.39, 0.29) is 11.3 Å². The Balaban J connectivity index is 1.93. The van der Waals surface area contributed by atoms with Crippen molar-refractivity contribution in [1.29, 1.82) is 0 Å². The molecule has 0 bridgehead atoms. The molecule has 1 saturated heterocycles. The highest BCUT2D eigenvalue weighted by atomic mass is 32.2. The molecule has 2 aromatic carbocycles. The second-order valence-corrected chi connectivity index (χ2v) is 7.37. The Labute approximate surface area is 153 Å². The van der Waals surface area contributed by atoms with Gasteiger partial charge in [-0.1, -0.05) is 23.8 Å². The maximum atomic E-state index is 13.1. The number of hydrogen-bond donors (Lipinski definition) is 0. The quantitative estimate of drug-likeness (QED) is 0.822. The van der Waals surface area contributed by atoms with Crippen molar-refractivity contribution in [3.05, 3.63) is 58.7 Å². The van der Waals surface area contributed by atoms with Crippen LogP contribution in [0.3, 0.4) is 0 Å². The molecule has 1 fully saturated rings. The highest BCUT2D eigenvalue weighted by Gasteiger charge is 2.32. The van der Waals surface area contributed by atoms with E-state index in [0.717, 1.165) is 12.3 Å². The van der Waals surface area contributed by atoms with Crippen molar-refractivity contribution >= 4 is 17.7 Å². The summed E-state index contributed by atoms with van der Waals surface area (Å²) in [6.45, 7) is 4.93. The fourth-order valence-corrected chi connectivity index (χ4v) is 4.49. The van der Waals surface area contributed by atoms with Gasteiger partial charge >= 0.3 is 0 Å². The van der Waals surface area contributed by atoms with Gasteiger partial charge in [-0.25, -0.2) is 0 Å². The van der Waals surface area contributed by atoms with Gasteiger partial charge in [0.25, 0.3) is 5.91 Å². The van der Waals surface area contributed by atoms with E-state index in [0.29, 0.717) is 17.1 Å². The summed E-state index contributed by atoms with van der Waals surface area (Å²) in [5, 5.41) is 0.0466. The van der Waals surface area contributed by atoms with Crippen LogP contribution in [-0.2, 0) is 0 Å². The molecule has 5 heteroatoms. The predicted molar refractivity (Wildman–Crippen MR) is 102 cm³/mol. The fourth-order valence-electron chi connectivity index (χ4n) is 3.14. The van der Waals surface area contributed by atoms with Crippen molar-refractivity contribution in [3.63, 3.8) is 0 Å². The van der Waals surface area contributed by atoms with Crippen LogP contribution in [0.25, 0.3) is 0 Å². The lowest BCUT2D eigenvalue weighted by Gasteiger charge is -2.26. The van der Waals surface area contributed by atoms with Gasteiger partial charge in [0.15, 0.2) is 0 Å². The van der Waals surface area contributed by atoms with Crippen LogP contribution in [0.4, 0.5) is 0 Å². The minimum absolute atomic E-state index is 0.00664. The van der Waals surface area contributed by atoms with Crippen molar-refractivity contribution in [2.45, 2.75) is 19.2 Å². The minimum Gasteiger partial charge on any atom is -0.497 e. The molecule has 0 spiro atoms. The SMILES string of the molecule is COc1cc(OC)cc(C(=O)N2CCS[C@@H]2c2ccc(C)cc2C)c1. The molecule has 0 aliphatic carbocycles. The zero-order valence-corrected chi connectivity index (χ0v) is 15.9. The molecule has 132 valence electrons. The maximum Gasteiger partial charge on any atom is 0.255 e. The summed E-state index contributed by atoms with van der Waals surface area (Å²) in [7, 11) is 3.18. The molecule has 1 atom stereocenters. The minimum atomic E-state index is 0.00664. The predicted octanol–water partition coefficient (Wildman–Crippen LogP) is 4.21. The van der Waals surface area contributed by atoms with Gasteiger partial charge in [-0.3, -0.25) is 4.79 Å². The topological polar surface area (TPSA) is 38.8 Å². The van der Waals surface area contributed by atoms with E-state index >= 15 is 0 Å². The van der Waals surface area contributed by atoms with Crippen molar-refractivity contribution < 1.29 is 14.3 Å². The van der Waals surface area contributed by atoms with Crippen LogP contribution in [0, 0.1) is 13.8 Å². The zero-order chi connectivity index (χ0) is 18.0. The molecule has 4 nitrogen and oxygen atoms in total. The molecule has 0 N–H and O–H groups in total. The Morgan fingerprint density at radius 2 is 1.76 bits per heavy atom. The molecule has 0 aromatic heterocycles.